The molecule has 0 spiro atoms. The summed E-state index contributed by atoms with van der Waals surface area (Å²) in [5.41, 5.74) is 1.73. The molecule has 0 radical (unpaired) electrons. The molecule has 31 heavy (non-hydrogen) atoms. The summed E-state index contributed by atoms with van der Waals surface area (Å²) in [6.07, 6.45) is -0.228. The van der Waals surface area contributed by atoms with Crippen LogP contribution in [0.4, 0.5) is 15.9 Å². The van der Waals surface area contributed by atoms with Crippen LogP contribution < -0.4 is 16.2 Å². The predicted octanol–water partition coefficient (Wildman–Crippen LogP) is 3.57. The lowest BCUT2D eigenvalue weighted by Crippen LogP contribution is -2.36. The maximum absolute atomic E-state index is 13.9. The van der Waals surface area contributed by atoms with Crippen LogP contribution >= 0.6 is 11.8 Å². The SMILES string of the molecule is Cc1cccc(CSc2nc3c(c(=O)[nH]2)[C@@H](C(=O)Nc2ccccc2F)CC(=O)N3)c1. The van der Waals surface area contributed by atoms with E-state index in [1.54, 1.807) is 6.07 Å². The number of benzene rings is 2. The van der Waals surface area contributed by atoms with E-state index in [2.05, 4.69) is 20.6 Å². The molecule has 0 unspecified atom stereocenters. The highest BCUT2D eigenvalue weighted by Gasteiger charge is 2.35. The highest BCUT2D eigenvalue weighted by molar-refractivity contribution is 7.98. The van der Waals surface area contributed by atoms with Gasteiger partial charge in [-0.2, -0.15) is 0 Å². The van der Waals surface area contributed by atoms with Gasteiger partial charge in [-0.25, -0.2) is 9.37 Å². The largest absolute Gasteiger partial charge is 0.323 e. The van der Waals surface area contributed by atoms with Gasteiger partial charge in [0.25, 0.3) is 5.56 Å². The van der Waals surface area contributed by atoms with E-state index in [1.807, 2.05) is 31.2 Å². The topological polar surface area (TPSA) is 104 Å². The van der Waals surface area contributed by atoms with E-state index in [0.717, 1.165) is 11.1 Å². The molecule has 0 bridgehead atoms. The number of para-hydroxylation sites is 1. The lowest BCUT2D eigenvalue weighted by Gasteiger charge is -2.23. The Hall–Kier alpha value is -3.46. The van der Waals surface area contributed by atoms with Gasteiger partial charge in [-0.15, -0.1) is 0 Å². The Morgan fingerprint density at radius 2 is 2.03 bits per heavy atom. The molecule has 2 amide bonds. The molecule has 1 aromatic heterocycles. The van der Waals surface area contributed by atoms with Crippen molar-refractivity contribution in [1.29, 1.82) is 0 Å². The van der Waals surface area contributed by atoms with Gasteiger partial charge in [0.05, 0.1) is 17.2 Å². The van der Waals surface area contributed by atoms with Crippen LogP contribution in [-0.2, 0) is 15.3 Å². The lowest BCUT2D eigenvalue weighted by molar-refractivity contribution is -0.123. The third-order valence-electron chi connectivity index (χ3n) is 4.84. The Labute approximate surface area is 181 Å². The number of halogens is 1. The van der Waals surface area contributed by atoms with Gasteiger partial charge in [0, 0.05) is 12.2 Å². The summed E-state index contributed by atoms with van der Waals surface area (Å²) in [6, 6.07) is 13.7. The first-order chi connectivity index (χ1) is 14.9. The number of amides is 2. The number of nitrogens with one attached hydrogen (secondary N) is 3. The average molecular weight is 438 g/mol. The number of aryl methyl sites for hydroxylation is 1. The number of anilines is 2. The first-order valence-corrected chi connectivity index (χ1v) is 10.6. The molecule has 3 N–H and O–H groups in total. The molecule has 2 heterocycles. The van der Waals surface area contributed by atoms with Crippen LogP contribution in [0.5, 0.6) is 0 Å². The number of hydrogen-bond donors (Lipinski definition) is 3. The summed E-state index contributed by atoms with van der Waals surface area (Å²) in [7, 11) is 0. The molecule has 1 atom stereocenters. The van der Waals surface area contributed by atoms with Crippen molar-refractivity contribution in [1.82, 2.24) is 9.97 Å². The van der Waals surface area contributed by atoms with E-state index < -0.39 is 29.1 Å². The number of carbonyl (C=O) groups is 2. The number of aromatic nitrogens is 2. The number of aromatic amines is 1. The molecule has 7 nitrogen and oxygen atoms in total. The molecule has 3 aromatic rings. The molecule has 0 saturated carbocycles. The summed E-state index contributed by atoms with van der Waals surface area (Å²) in [4.78, 5) is 44.7. The Kier molecular flexibility index (Phi) is 5.85. The zero-order valence-corrected chi connectivity index (χ0v) is 17.4. The van der Waals surface area contributed by atoms with Crippen molar-refractivity contribution in [3.8, 4) is 0 Å². The minimum Gasteiger partial charge on any atom is -0.323 e. The van der Waals surface area contributed by atoms with Crippen LogP contribution in [0.3, 0.4) is 0 Å². The van der Waals surface area contributed by atoms with Crippen LogP contribution in [-0.4, -0.2) is 21.8 Å². The van der Waals surface area contributed by atoms with Crippen LogP contribution in [0, 0.1) is 12.7 Å². The number of hydrogen-bond acceptors (Lipinski definition) is 5. The summed E-state index contributed by atoms with van der Waals surface area (Å²) >= 11 is 1.32. The third kappa shape index (κ3) is 4.66. The van der Waals surface area contributed by atoms with E-state index in [4.69, 9.17) is 0 Å². The van der Waals surface area contributed by atoms with Crippen molar-refractivity contribution in [2.75, 3.05) is 10.6 Å². The monoisotopic (exact) mass is 438 g/mol. The molecule has 2 aromatic carbocycles. The normalized spacial score (nSPS) is 15.2. The minimum absolute atomic E-state index is 0.0188. The molecule has 158 valence electrons. The lowest BCUT2D eigenvalue weighted by atomic mass is 9.92. The van der Waals surface area contributed by atoms with E-state index in [0.29, 0.717) is 10.9 Å². The van der Waals surface area contributed by atoms with Gasteiger partial charge in [0.2, 0.25) is 11.8 Å². The Bertz CT molecular complexity index is 1230. The van der Waals surface area contributed by atoms with Gasteiger partial charge < -0.3 is 15.6 Å². The maximum Gasteiger partial charge on any atom is 0.257 e. The summed E-state index contributed by atoms with van der Waals surface area (Å²) in [6.45, 7) is 2.00. The highest BCUT2D eigenvalue weighted by Crippen LogP contribution is 2.31. The highest BCUT2D eigenvalue weighted by atomic mass is 32.2. The maximum atomic E-state index is 13.9. The van der Waals surface area contributed by atoms with E-state index in [9.17, 15) is 18.8 Å². The second kappa shape index (κ2) is 8.73. The fourth-order valence-corrected chi connectivity index (χ4v) is 4.18. The smallest absolute Gasteiger partial charge is 0.257 e. The molecular formula is C22H19FN4O3S. The number of rotatable bonds is 5. The van der Waals surface area contributed by atoms with Gasteiger partial charge in [-0.1, -0.05) is 53.7 Å². The van der Waals surface area contributed by atoms with Gasteiger partial charge in [-0.3, -0.25) is 14.4 Å². The summed E-state index contributed by atoms with van der Waals surface area (Å²) in [5, 5.41) is 5.36. The second-order valence-corrected chi connectivity index (χ2v) is 8.15. The standard InChI is InChI=1S/C22H19FN4O3S/c1-12-5-4-6-13(9-12)11-31-22-26-19-18(21(30)27-22)14(10-17(28)25-19)20(29)24-16-8-3-2-7-15(16)23/h2-9,14H,10-11H2,1H3,(H,24,29)(H2,25,26,27,28,30)/t14-/m0/s1. The van der Waals surface area contributed by atoms with E-state index >= 15 is 0 Å². The van der Waals surface area contributed by atoms with Crippen molar-refractivity contribution < 1.29 is 14.0 Å². The molecule has 9 heteroatoms. The van der Waals surface area contributed by atoms with Crippen LogP contribution in [0.15, 0.2) is 58.5 Å². The second-order valence-electron chi connectivity index (χ2n) is 7.19. The third-order valence-corrected chi connectivity index (χ3v) is 5.78. The number of nitrogens with zero attached hydrogens (tertiary/aromatic N) is 1. The zero-order chi connectivity index (χ0) is 22.0. The molecule has 1 aliphatic heterocycles. The van der Waals surface area contributed by atoms with Crippen LogP contribution in [0.25, 0.3) is 0 Å². The first kappa shape index (κ1) is 20.8. The fourth-order valence-electron chi connectivity index (χ4n) is 3.38. The average Bonchev–Trinajstić information content (AvgIpc) is 2.73. The Morgan fingerprint density at radius 3 is 2.81 bits per heavy atom. The molecule has 1 aliphatic rings. The molecule has 0 aliphatic carbocycles. The van der Waals surface area contributed by atoms with Gasteiger partial charge >= 0.3 is 0 Å². The molecular weight excluding hydrogens is 419 g/mol. The number of H-pyrrole nitrogens is 1. The number of fused-ring (bicyclic) bond motifs is 1. The van der Waals surface area contributed by atoms with Crippen molar-refractivity contribution in [3.63, 3.8) is 0 Å². The quantitative estimate of drug-likeness (QED) is 0.417. The van der Waals surface area contributed by atoms with Crippen molar-refractivity contribution >= 4 is 35.1 Å². The Morgan fingerprint density at radius 1 is 1.23 bits per heavy atom. The van der Waals surface area contributed by atoms with Crippen molar-refractivity contribution in [2.45, 2.75) is 30.2 Å². The van der Waals surface area contributed by atoms with Gasteiger partial charge in [-0.05, 0) is 24.6 Å². The predicted molar refractivity (Wildman–Crippen MR) is 117 cm³/mol. The van der Waals surface area contributed by atoms with E-state index in [1.165, 1.54) is 30.0 Å². The zero-order valence-electron chi connectivity index (χ0n) is 16.6. The van der Waals surface area contributed by atoms with Crippen LogP contribution in [0.2, 0.25) is 0 Å². The molecule has 0 saturated heterocycles. The number of thioether (sulfide) groups is 1. The fraction of sp³-hybridized carbons (Fsp3) is 0.182. The molecule has 0 fully saturated rings. The summed E-state index contributed by atoms with van der Waals surface area (Å²) in [5.74, 6) is -2.13. The molecule has 4 rings (SSSR count). The first-order valence-electron chi connectivity index (χ1n) is 9.58. The number of carbonyl (C=O) groups excluding carboxylic acids is 2. The van der Waals surface area contributed by atoms with Crippen molar-refractivity contribution in [3.05, 3.63) is 81.4 Å². The van der Waals surface area contributed by atoms with Gasteiger partial charge in [0.1, 0.15) is 11.6 Å². The minimum atomic E-state index is -1.07. The van der Waals surface area contributed by atoms with Gasteiger partial charge in [0.15, 0.2) is 5.16 Å². The van der Waals surface area contributed by atoms with Crippen molar-refractivity contribution in [2.24, 2.45) is 0 Å². The summed E-state index contributed by atoms with van der Waals surface area (Å²) < 4.78 is 13.9. The Balaban J connectivity index is 1.58. The van der Waals surface area contributed by atoms with Crippen LogP contribution in [0.1, 0.15) is 29.0 Å². The van der Waals surface area contributed by atoms with E-state index in [-0.39, 0.29) is 23.5 Å².